The lowest BCUT2D eigenvalue weighted by molar-refractivity contribution is -0.384. The SMILES string of the molecule is CC(C)(CCN)CCNC1c2cc(N)c([N+](=O)[O-])cc2OC(C)(C)C1O. The molecule has 2 atom stereocenters. The van der Waals surface area contributed by atoms with E-state index in [4.69, 9.17) is 16.2 Å². The lowest BCUT2D eigenvalue weighted by Gasteiger charge is -2.42. The predicted molar refractivity (Wildman–Crippen MR) is 101 cm³/mol. The number of nitrogens with one attached hydrogen (secondary N) is 1. The first-order chi connectivity index (χ1) is 12.0. The summed E-state index contributed by atoms with van der Waals surface area (Å²) in [6, 6.07) is 2.44. The van der Waals surface area contributed by atoms with Gasteiger partial charge in [0.1, 0.15) is 23.1 Å². The minimum absolute atomic E-state index is 0.0551. The molecule has 1 aliphatic rings. The second-order valence-electron chi connectivity index (χ2n) is 8.24. The minimum Gasteiger partial charge on any atom is -0.484 e. The zero-order chi connectivity index (χ0) is 19.7. The average molecular weight is 366 g/mol. The first kappa shape index (κ1) is 20.4. The van der Waals surface area contributed by atoms with Gasteiger partial charge in [0.2, 0.25) is 0 Å². The third-order valence-corrected chi connectivity index (χ3v) is 5.08. The van der Waals surface area contributed by atoms with Crippen LogP contribution in [0.2, 0.25) is 0 Å². The van der Waals surface area contributed by atoms with E-state index < -0.39 is 22.7 Å². The number of ether oxygens (including phenoxy) is 1. The quantitative estimate of drug-likeness (QED) is 0.329. The second kappa shape index (κ2) is 7.38. The van der Waals surface area contributed by atoms with Gasteiger partial charge in [0.25, 0.3) is 5.69 Å². The van der Waals surface area contributed by atoms with Gasteiger partial charge >= 0.3 is 0 Å². The summed E-state index contributed by atoms with van der Waals surface area (Å²) in [5.74, 6) is 0.375. The maximum Gasteiger partial charge on any atom is 0.295 e. The third-order valence-electron chi connectivity index (χ3n) is 5.08. The fourth-order valence-electron chi connectivity index (χ4n) is 3.31. The largest absolute Gasteiger partial charge is 0.484 e. The van der Waals surface area contributed by atoms with Crippen LogP contribution in [0.5, 0.6) is 5.75 Å². The summed E-state index contributed by atoms with van der Waals surface area (Å²) in [4.78, 5) is 10.6. The number of benzene rings is 1. The third kappa shape index (κ3) is 4.25. The van der Waals surface area contributed by atoms with Crippen LogP contribution < -0.4 is 21.5 Å². The maximum absolute atomic E-state index is 11.2. The molecule has 0 fully saturated rings. The standard InChI is InChI=1S/C18H30N4O4/c1-17(2,5-7-19)6-8-21-15-11-9-12(20)13(22(24)25)10-14(11)26-18(3,4)16(15)23/h9-10,15-16,21,23H,5-8,19-20H2,1-4H3. The molecule has 1 aliphatic heterocycles. The molecule has 6 N–H and O–H groups in total. The van der Waals surface area contributed by atoms with Gasteiger partial charge in [-0.2, -0.15) is 0 Å². The van der Waals surface area contributed by atoms with Gasteiger partial charge in [-0.05, 0) is 51.3 Å². The topological polar surface area (TPSA) is 137 Å². The van der Waals surface area contributed by atoms with E-state index in [9.17, 15) is 15.2 Å². The number of nitro groups is 1. The van der Waals surface area contributed by atoms with E-state index in [2.05, 4.69) is 19.2 Å². The molecule has 0 saturated carbocycles. The van der Waals surface area contributed by atoms with Gasteiger partial charge in [-0.15, -0.1) is 0 Å². The molecule has 2 unspecified atom stereocenters. The number of anilines is 1. The number of rotatable bonds is 7. The normalized spacial score (nSPS) is 21.8. The number of nitrogens with two attached hydrogens (primary N) is 2. The molecule has 0 spiro atoms. The number of nitrogen functional groups attached to an aromatic ring is 1. The van der Waals surface area contributed by atoms with Crippen molar-refractivity contribution in [1.82, 2.24) is 5.32 Å². The fraction of sp³-hybridized carbons (Fsp3) is 0.667. The van der Waals surface area contributed by atoms with E-state index >= 15 is 0 Å². The van der Waals surface area contributed by atoms with E-state index in [1.807, 2.05) is 0 Å². The van der Waals surface area contributed by atoms with Crippen LogP contribution >= 0.6 is 0 Å². The smallest absolute Gasteiger partial charge is 0.295 e. The lowest BCUT2D eigenvalue weighted by atomic mass is 9.84. The summed E-state index contributed by atoms with van der Waals surface area (Å²) in [5.41, 5.74) is 11.2. The van der Waals surface area contributed by atoms with Gasteiger partial charge < -0.3 is 26.6 Å². The highest BCUT2D eigenvalue weighted by atomic mass is 16.6. The molecule has 1 heterocycles. The average Bonchev–Trinajstić information content (AvgIpc) is 2.51. The van der Waals surface area contributed by atoms with Crippen LogP contribution in [0.25, 0.3) is 0 Å². The number of hydrogen-bond donors (Lipinski definition) is 4. The van der Waals surface area contributed by atoms with Crippen LogP contribution in [-0.4, -0.2) is 34.8 Å². The van der Waals surface area contributed by atoms with Crippen LogP contribution in [0.1, 0.15) is 52.1 Å². The Kier molecular flexibility index (Phi) is 5.79. The summed E-state index contributed by atoms with van der Waals surface area (Å²) in [6.07, 6.45) is 0.965. The number of aliphatic hydroxyl groups excluding tert-OH is 1. The molecule has 1 aromatic rings. The van der Waals surface area contributed by atoms with Crippen LogP contribution in [0.4, 0.5) is 11.4 Å². The van der Waals surface area contributed by atoms with Crippen molar-refractivity contribution in [2.24, 2.45) is 11.1 Å². The molecule has 0 radical (unpaired) electrons. The molecule has 2 rings (SSSR count). The van der Waals surface area contributed by atoms with Gasteiger partial charge in [-0.25, -0.2) is 0 Å². The number of hydrogen-bond acceptors (Lipinski definition) is 7. The lowest BCUT2D eigenvalue weighted by Crippen LogP contribution is -2.52. The molecule has 1 aromatic carbocycles. The highest BCUT2D eigenvalue weighted by Crippen LogP contribution is 2.43. The molecule has 8 heteroatoms. The number of aliphatic hydroxyl groups is 1. The van der Waals surface area contributed by atoms with Gasteiger partial charge in [0.05, 0.1) is 17.0 Å². The molecule has 26 heavy (non-hydrogen) atoms. The summed E-state index contributed by atoms with van der Waals surface area (Å²) < 4.78 is 5.83. The molecule has 0 bridgehead atoms. The highest BCUT2D eigenvalue weighted by molar-refractivity contribution is 5.65. The Bertz CT molecular complexity index is 675. The van der Waals surface area contributed by atoms with Crippen LogP contribution in [-0.2, 0) is 0 Å². The number of nitro benzene ring substituents is 1. The summed E-state index contributed by atoms with van der Waals surface area (Å²) in [6.45, 7) is 9.12. The molecule has 8 nitrogen and oxygen atoms in total. The molecule has 0 amide bonds. The zero-order valence-corrected chi connectivity index (χ0v) is 15.9. The van der Waals surface area contributed by atoms with Gasteiger partial charge in [0.15, 0.2) is 0 Å². The van der Waals surface area contributed by atoms with Gasteiger partial charge in [-0.1, -0.05) is 13.8 Å². The van der Waals surface area contributed by atoms with E-state index in [1.165, 1.54) is 12.1 Å². The van der Waals surface area contributed by atoms with Crippen LogP contribution in [0, 0.1) is 15.5 Å². The van der Waals surface area contributed by atoms with Crippen molar-refractivity contribution in [3.05, 3.63) is 27.8 Å². The Morgan fingerprint density at radius 2 is 2.04 bits per heavy atom. The van der Waals surface area contributed by atoms with Crippen molar-refractivity contribution in [3.8, 4) is 5.75 Å². The van der Waals surface area contributed by atoms with Crippen molar-refractivity contribution in [2.45, 2.75) is 58.3 Å². The van der Waals surface area contributed by atoms with Crippen molar-refractivity contribution in [1.29, 1.82) is 0 Å². The molecule has 146 valence electrons. The van der Waals surface area contributed by atoms with E-state index in [0.29, 0.717) is 24.4 Å². The van der Waals surface area contributed by atoms with Crippen molar-refractivity contribution < 1.29 is 14.8 Å². The van der Waals surface area contributed by atoms with Crippen molar-refractivity contribution in [2.75, 3.05) is 18.8 Å². The zero-order valence-electron chi connectivity index (χ0n) is 15.9. The second-order valence-corrected chi connectivity index (χ2v) is 8.24. The molecule has 0 aromatic heterocycles. The molecule has 0 saturated heterocycles. The first-order valence-corrected chi connectivity index (χ1v) is 8.87. The van der Waals surface area contributed by atoms with Crippen LogP contribution in [0.15, 0.2) is 12.1 Å². The highest BCUT2D eigenvalue weighted by Gasteiger charge is 2.43. The Labute approximate surface area is 154 Å². The maximum atomic E-state index is 11.2. The Hall–Kier alpha value is -1.90. The Morgan fingerprint density at radius 1 is 1.38 bits per heavy atom. The van der Waals surface area contributed by atoms with E-state index in [-0.39, 0.29) is 16.8 Å². The minimum atomic E-state index is -0.887. The molecule has 0 aliphatic carbocycles. The predicted octanol–water partition coefficient (Wildman–Crippen LogP) is 2.10. The fourth-order valence-corrected chi connectivity index (χ4v) is 3.31. The van der Waals surface area contributed by atoms with Crippen molar-refractivity contribution in [3.63, 3.8) is 0 Å². The summed E-state index contributed by atoms with van der Waals surface area (Å²) in [5, 5.41) is 25.3. The number of fused-ring (bicyclic) bond motifs is 1. The molecular formula is C18H30N4O4. The van der Waals surface area contributed by atoms with Gasteiger partial charge in [-0.3, -0.25) is 10.1 Å². The first-order valence-electron chi connectivity index (χ1n) is 8.87. The van der Waals surface area contributed by atoms with E-state index in [0.717, 1.165) is 12.8 Å². The monoisotopic (exact) mass is 366 g/mol. The van der Waals surface area contributed by atoms with Crippen molar-refractivity contribution >= 4 is 11.4 Å². The Morgan fingerprint density at radius 3 is 2.62 bits per heavy atom. The number of nitrogens with zero attached hydrogens (tertiary/aromatic N) is 1. The summed E-state index contributed by atoms with van der Waals surface area (Å²) in [7, 11) is 0. The van der Waals surface area contributed by atoms with Crippen LogP contribution in [0.3, 0.4) is 0 Å². The summed E-state index contributed by atoms with van der Waals surface area (Å²) >= 11 is 0. The Balaban J connectivity index is 2.28. The molecular weight excluding hydrogens is 336 g/mol. The van der Waals surface area contributed by atoms with E-state index in [1.54, 1.807) is 13.8 Å². The van der Waals surface area contributed by atoms with Gasteiger partial charge in [0, 0.05) is 5.56 Å².